The van der Waals surface area contributed by atoms with Crippen molar-refractivity contribution in [1.29, 1.82) is 0 Å². The fourth-order valence-corrected chi connectivity index (χ4v) is 3.03. The minimum absolute atomic E-state index is 0.0850. The molecule has 2 heterocycles. The van der Waals surface area contributed by atoms with Gasteiger partial charge in [-0.3, -0.25) is 9.69 Å². The maximum atomic E-state index is 13.0. The second kappa shape index (κ2) is 7.65. The van der Waals surface area contributed by atoms with Crippen molar-refractivity contribution >= 4 is 17.4 Å². The van der Waals surface area contributed by atoms with Crippen LogP contribution in [0.4, 0.5) is 15.9 Å². The predicted molar refractivity (Wildman–Crippen MR) is 93.9 cm³/mol. The number of nitrogens with zero attached hydrogens (tertiary/aromatic N) is 2. The van der Waals surface area contributed by atoms with Crippen molar-refractivity contribution in [2.24, 2.45) is 0 Å². The summed E-state index contributed by atoms with van der Waals surface area (Å²) in [6, 6.07) is 8.20. The number of rotatable bonds is 5. The third-order valence-electron chi connectivity index (χ3n) is 4.55. The Hall–Kier alpha value is -2.41. The van der Waals surface area contributed by atoms with Crippen molar-refractivity contribution in [2.75, 3.05) is 23.7 Å². The number of aromatic nitrogens is 1. The zero-order valence-corrected chi connectivity index (χ0v) is 14.5. The molecule has 1 aromatic heterocycles. The summed E-state index contributed by atoms with van der Waals surface area (Å²) in [5, 5.41) is 9.99. The van der Waals surface area contributed by atoms with Gasteiger partial charge in [0.15, 0.2) is 5.82 Å². The number of aryl methyl sites for hydroxylation is 1. The average molecular weight is 346 g/mol. The quantitative estimate of drug-likeness (QED) is 0.871. The highest BCUT2D eigenvalue weighted by atomic mass is 19.1. The lowest BCUT2D eigenvalue weighted by molar-refractivity contribution is -0.121. The molecule has 0 saturated carbocycles. The van der Waals surface area contributed by atoms with E-state index < -0.39 is 0 Å². The first kappa shape index (κ1) is 17.4. The zero-order chi connectivity index (χ0) is 17.8. The van der Waals surface area contributed by atoms with Crippen LogP contribution in [0.5, 0.6) is 0 Å². The van der Waals surface area contributed by atoms with E-state index in [1.165, 1.54) is 12.1 Å². The van der Waals surface area contributed by atoms with Crippen LogP contribution in [0.2, 0.25) is 0 Å². The van der Waals surface area contributed by atoms with Crippen molar-refractivity contribution in [1.82, 2.24) is 10.1 Å². The summed E-state index contributed by atoms with van der Waals surface area (Å²) in [5.74, 6) is 0.790. The van der Waals surface area contributed by atoms with Crippen LogP contribution >= 0.6 is 0 Å². The number of nitrogens with one attached hydrogen (secondary N) is 2. The first-order chi connectivity index (χ1) is 12.0. The van der Waals surface area contributed by atoms with Crippen molar-refractivity contribution < 1.29 is 13.7 Å². The maximum Gasteiger partial charge on any atom is 0.242 e. The molecule has 1 unspecified atom stereocenters. The van der Waals surface area contributed by atoms with Gasteiger partial charge in [0.2, 0.25) is 5.91 Å². The number of carbonyl (C=O) groups excluding carboxylic acids is 1. The zero-order valence-electron chi connectivity index (χ0n) is 14.5. The van der Waals surface area contributed by atoms with Crippen LogP contribution in [0.3, 0.4) is 0 Å². The van der Waals surface area contributed by atoms with Gasteiger partial charge in [0.25, 0.3) is 0 Å². The Kier molecular flexibility index (Phi) is 5.33. The Morgan fingerprint density at radius 1 is 1.32 bits per heavy atom. The van der Waals surface area contributed by atoms with E-state index in [0.717, 1.165) is 31.6 Å². The number of amides is 1. The van der Waals surface area contributed by atoms with E-state index in [1.807, 2.05) is 6.92 Å². The highest BCUT2D eigenvalue weighted by molar-refractivity contribution is 5.93. The van der Waals surface area contributed by atoms with Crippen molar-refractivity contribution in [3.63, 3.8) is 0 Å². The summed E-state index contributed by atoms with van der Waals surface area (Å²) in [7, 11) is 0. The number of likely N-dealkylation sites (tertiary alicyclic amines) is 1. The molecule has 1 aliphatic heterocycles. The van der Waals surface area contributed by atoms with Crippen LogP contribution in [0, 0.1) is 12.7 Å². The predicted octanol–water partition coefficient (Wildman–Crippen LogP) is 3.03. The van der Waals surface area contributed by atoms with Crippen LogP contribution in [-0.2, 0) is 4.79 Å². The Labute approximate surface area is 146 Å². The van der Waals surface area contributed by atoms with E-state index in [0.29, 0.717) is 17.6 Å². The molecular weight excluding hydrogens is 323 g/mol. The lowest BCUT2D eigenvalue weighted by Gasteiger charge is -2.35. The van der Waals surface area contributed by atoms with Gasteiger partial charge in [-0.1, -0.05) is 5.16 Å². The van der Waals surface area contributed by atoms with Crippen LogP contribution in [0.1, 0.15) is 25.5 Å². The lowest BCUT2D eigenvalue weighted by Crippen LogP contribution is -2.48. The van der Waals surface area contributed by atoms with Gasteiger partial charge in [0.05, 0.1) is 6.04 Å². The summed E-state index contributed by atoms with van der Waals surface area (Å²) >= 11 is 0. The number of hydrogen-bond acceptors (Lipinski definition) is 5. The van der Waals surface area contributed by atoms with E-state index in [-0.39, 0.29) is 17.8 Å². The number of anilines is 2. The highest BCUT2D eigenvalue weighted by Gasteiger charge is 2.27. The third kappa shape index (κ3) is 4.57. The first-order valence-corrected chi connectivity index (χ1v) is 8.51. The van der Waals surface area contributed by atoms with Crippen molar-refractivity contribution in [2.45, 2.75) is 38.8 Å². The summed E-state index contributed by atoms with van der Waals surface area (Å²) in [4.78, 5) is 14.5. The van der Waals surface area contributed by atoms with Crippen molar-refractivity contribution in [3.8, 4) is 0 Å². The Bertz CT molecular complexity index is 708. The largest absolute Gasteiger partial charge is 0.382 e. The molecule has 6 nitrogen and oxygen atoms in total. The minimum Gasteiger partial charge on any atom is -0.382 e. The van der Waals surface area contributed by atoms with Crippen LogP contribution in [-0.4, -0.2) is 41.1 Å². The molecule has 2 N–H and O–H groups in total. The Morgan fingerprint density at radius 2 is 2.00 bits per heavy atom. The molecule has 25 heavy (non-hydrogen) atoms. The molecule has 0 spiro atoms. The molecule has 134 valence electrons. The molecule has 1 fully saturated rings. The standard InChI is InChI=1S/C18H23FN4O2/c1-12-11-17(22-25-12)21-18(24)13(2)23-9-7-16(8-10-23)20-15-5-3-14(19)4-6-15/h3-6,11,13,16,20H,7-10H2,1-2H3,(H,21,22,24). The second-order valence-corrected chi connectivity index (χ2v) is 6.45. The number of halogens is 1. The maximum absolute atomic E-state index is 13.0. The van der Waals surface area contributed by atoms with Gasteiger partial charge < -0.3 is 15.2 Å². The normalized spacial score (nSPS) is 17.2. The van der Waals surface area contributed by atoms with E-state index in [4.69, 9.17) is 4.52 Å². The van der Waals surface area contributed by atoms with Crippen LogP contribution in [0.25, 0.3) is 0 Å². The molecular formula is C18H23FN4O2. The average Bonchev–Trinajstić information content (AvgIpc) is 3.02. The summed E-state index contributed by atoms with van der Waals surface area (Å²) < 4.78 is 17.9. The number of carbonyl (C=O) groups is 1. The molecule has 2 aromatic rings. The summed E-state index contributed by atoms with van der Waals surface area (Å²) in [6.45, 7) is 5.33. The molecule has 7 heteroatoms. The molecule has 1 atom stereocenters. The molecule has 0 radical (unpaired) electrons. The number of benzene rings is 1. The first-order valence-electron chi connectivity index (χ1n) is 8.51. The SMILES string of the molecule is Cc1cc(NC(=O)C(C)N2CCC(Nc3ccc(F)cc3)CC2)no1. The van der Waals surface area contributed by atoms with Gasteiger partial charge in [0.1, 0.15) is 11.6 Å². The summed E-state index contributed by atoms with van der Waals surface area (Å²) in [5.41, 5.74) is 0.923. The van der Waals surface area contributed by atoms with Crippen LogP contribution in [0.15, 0.2) is 34.9 Å². The minimum atomic E-state index is -0.234. The van der Waals surface area contributed by atoms with Gasteiger partial charge in [-0.05, 0) is 51.0 Å². The number of piperidine rings is 1. The molecule has 0 bridgehead atoms. The fourth-order valence-electron chi connectivity index (χ4n) is 3.03. The van der Waals surface area contributed by atoms with Gasteiger partial charge >= 0.3 is 0 Å². The van der Waals surface area contributed by atoms with E-state index >= 15 is 0 Å². The highest BCUT2D eigenvalue weighted by Crippen LogP contribution is 2.19. The molecule has 1 aromatic carbocycles. The lowest BCUT2D eigenvalue weighted by atomic mass is 10.0. The topological polar surface area (TPSA) is 70.4 Å². The van der Waals surface area contributed by atoms with Gasteiger partial charge in [0, 0.05) is 30.9 Å². The van der Waals surface area contributed by atoms with E-state index in [2.05, 4.69) is 20.7 Å². The van der Waals surface area contributed by atoms with Crippen LogP contribution < -0.4 is 10.6 Å². The smallest absolute Gasteiger partial charge is 0.242 e. The Morgan fingerprint density at radius 3 is 2.60 bits per heavy atom. The van der Waals surface area contributed by atoms with E-state index in [9.17, 15) is 9.18 Å². The van der Waals surface area contributed by atoms with Gasteiger partial charge in [-0.2, -0.15) is 0 Å². The van der Waals surface area contributed by atoms with Gasteiger partial charge in [-0.15, -0.1) is 0 Å². The Balaban J connectivity index is 1.47. The van der Waals surface area contributed by atoms with Gasteiger partial charge in [-0.25, -0.2) is 4.39 Å². The second-order valence-electron chi connectivity index (χ2n) is 6.45. The van der Waals surface area contributed by atoms with Crippen molar-refractivity contribution in [3.05, 3.63) is 41.9 Å². The monoisotopic (exact) mass is 346 g/mol. The molecule has 1 aliphatic rings. The molecule has 1 saturated heterocycles. The number of hydrogen-bond donors (Lipinski definition) is 2. The van der Waals surface area contributed by atoms with E-state index in [1.54, 1.807) is 25.1 Å². The molecule has 3 rings (SSSR count). The summed E-state index contributed by atoms with van der Waals surface area (Å²) in [6.07, 6.45) is 1.86. The third-order valence-corrected chi connectivity index (χ3v) is 4.55. The molecule has 0 aliphatic carbocycles. The molecule has 1 amide bonds. The fraction of sp³-hybridized carbons (Fsp3) is 0.444.